The lowest BCUT2D eigenvalue weighted by Gasteiger charge is -2.30. The summed E-state index contributed by atoms with van der Waals surface area (Å²) >= 11 is 0. The molecule has 2 N–H and O–H groups in total. The fourth-order valence-electron chi connectivity index (χ4n) is 1.07. The van der Waals surface area contributed by atoms with Gasteiger partial charge in [-0.2, -0.15) is 5.26 Å². The second-order valence-corrected chi connectivity index (χ2v) is 6.98. The summed E-state index contributed by atoms with van der Waals surface area (Å²) in [5.74, 6) is -1.09. The fraction of sp³-hybridized carbons (Fsp3) is 0.800. The van der Waals surface area contributed by atoms with Gasteiger partial charge in [0.15, 0.2) is 5.25 Å². The Morgan fingerprint density at radius 2 is 1.94 bits per heavy atom. The Kier molecular flexibility index (Phi) is 5.11. The minimum atomic E-state index is -3.81. The lowest BCUT2D eigenvalue weighted by molar-refractivity contribution is -0.138. The number of carbonyl (C=O) groups is 1. The number of rotatable bonds is 5. The number of nitrogens with one attached hydrogen (secondary N) is 1. The predicted molar refractivity (Wildman–Crippen MR) is 62.6 cm³/mol. The Hall–Kier alpha value is -1.13. The van der Waals surface area contributed by atoms with E-state index in [1.807, 2.05) is 0 Å². The van der Waals surface area contributed by atoms with E-state index < -0.39 is 32.7 Å². The van der Waals surface area contributed by atoms with Crippen molar-refractivity contribution in [3.8, 4) is 6.07 Å². The number of nitrogens with zero attached hydrogens (tertiary/aromatic N) is 1. The van der Waals surface area contributed by atoms with Gasteiger partial charge in [-0.25, -0.2) is 13.1 Å². The Morgan fingerprint density at radius 3 is 2.24 bits per heavy atom. The molecule has 0 spiro atoms. The highest BCUT2D eigenvalue weighted by Gasteiger charge is 2.32. The number of hydrogen-bond donors (Lipinski definition) is 2. The summed E-state index contributed by atoms with van der Waals surface area (Å²) in [5.41, 5.74) is -0.541. The Labute approximate surface area is 102 Å². The van der Waals surface area contributed by atoms with E-state index in [0.717, 1.165) is 0 Å². The highest BCUT2D eigenvalue weighted by molar-refractivity contribution is 7.90. The maximum atomic E-state index is 11.7. The normalized spacial score (nSPS) is 15.9. The summed E-state index contributed by atoms with van der Waals surface area (Å²) < 4.78 is 25.6. The molecule has 98 valence electrons. The van der Waals surface area contributed by atoms with Crippen molar-refractivity contribution in [1.82, 2.24) is 4.72 Å². The number of nitriles is 1. The first-order chi connectivity index (χ1) is 7.50. The van der Waals surface area contributed by atoms with Crippen molar-refractivity contribution >= 4 is 16.0 Å². The second-order valence-electron chi connectivity index (χ2n) is 4.95. The van der Waals surface area contributed by atoms with Gasteiger partial charge in [-0.15, -0.1) is 0 Å². The average molecular weight is 262 g/mol. The lowest BCUT2D eigenvalue weighted by Crippen LogP contribution is -2.47. The Morgan fingerprint density at radius 1 is 1.47 bits per heavy atom. The van der Waals surface area contributed by atoms with Gasteiger partial charge in [0.25, 0.3) is 0 Å². The third-order valence-corrected chi connectivity index (χ3v) is 4.03. The zero-order valence-corrected chi connectivity index (χ0v) is 11.2. The van der Waals surface area contributed by atoms with Crippen molar-refractivity contribution < 1.29 is 18.3 Å². The van der Waals surface area contributed by atoms with Crippen LogP contribution in [0.5, 0.6) is 0 Å². The van der Waals surface area contributed by atoms with Gasteiger partial charge in [0.1, 0.15) is 0 Å². The number of carboxylic acid groups (broad SMARTS) is 1. The van der Waals surface area contributed by atoms with Crippen molar-refractivity contribution in [3.05, 3.63) is 0 Å². The second kappa shape index (κ2) is 5.47. The molecule has 0 aromatic rings. The summed E-state index contributed by atoms with van der Waals surface area (Å²) in [6.07, 6.45) is -0.319. The van der Waals surface area contributed by atoms with Crippen LogP contribution in [0.3, 0.4) is 0 Å². The largest absolute Gasteiger partial charge is 0.481 e. The van der Waals surface area contributed by atoms with E-state index in [2.05, 4.69) is 4.72 Å². The molecule has 7 heteroatoms. The average Bonchev–Trinajstić information content (AvgIpc) is 2.12. The fourth-order valence-corrected chi connectivity index (χ4v) is 2.25. The molecular formula is C10H18N2O4S. The molecule has 0 aliphatic rings. The molecule has 2 atom stereocenters. The van der Waals surface area contributed by atoms with E-state index in [1.54, 1.807) is 26.8 Å². The lowest BCUT2D eigenvalue weighted by atomic mass is 9.85. The van der Waals surface area contributed by atoms with Gasteiger partial charge in [-0.3, -0.25) is 4.79 Å². The van der Waals surface area contributed by atoms with E-state index in [4.69, 9.17) is 10.4 Å². The zero-order chi connectivity index (χ0) is 13.9. The first-order valence-corrected chi connectivity index (χ1v) is 6.68. The molecule has 0 radical (unpaired) electrons. The number of sulfonamides is 1. The van der Waals surface area contributed by atoms with Crippen LogP contribution in [0.1, 0.15) is 34.1 Å². The van der Waals surface area contributed by atoms with Gasteiger partial charge in [-0.05, 0) is 12.3 Å². The third kappa shape index (κ3) is 5.15. The van der Waals surface area contributed by atoms with Crippen molar-refractivity contribution in [2.24, 2.45) is 5.41 Å². The van der Waals surface area contributed by atoms with Crippen LogP contribution in [0, 0.1) is 16.7 Å². The van der Waals surface area contributed by atoms with Crippen molar-refractivity contribution in [3.63, 3.8) is 0 Å². The van der Waals surface area contributed by atoms with Crippen LogP contribution >= 0.6 is 0 Å². The maximum Gasteiger partial charge on any atom is 0.304 e. The summed E-state index contributed by atoms with van der Waals surface area (Å²) in [6, 6.07) is 0.868. The summed E-state index contributed by atoms with van der Waals surface area (Å²) in [7, 11) is -3.81. The molecule has 2 unspecified atom stereocenters. The van der Waals surface area contributed by atoms with E-state index in [1.165, 1.54) is 6.92 Å². The zero-order valence-electron chi connectivity index (χ0n) is 10.4. The highest BCUT2D eigenvalue weighted by Crippen LogP contribution is 2.23. The quantitative estimate of drug-likeness (QED) is 0.758. The maximum absolute atomic E-state index is 11.7. The molecule has 0 amide bonds. The van der Waals surface area contributed by atoms with Crippen LogP contribution in [0.15, 0.2) is 0 Å². The Bertz CT molecular complexity index is 417. The third-order valence-electron chi connectivity index (χ3n) is 2.38. The molecule has 6 nitrogen and oxygen atoms in total. The number of carboxylic acids is 1. The van der Waals surface area contributed by atoms with E-state index in [-0.39, 0.29) is 6.42 Å². The molecular weight excluding hydrogens is 244 g/mol. The first kappa shape index (κ1) is 15.9. The van der Waals surface area contributed by atoms with Gasteiger partial charge < -0.3 is 5.11 Å². The minimum Gasteiger partial charge on any atom is -0.481 e. The van der Waals surface area contributed by atoms with E-state index in [0.29, 0.717) is 0 Å². The van der Waals surface area contributed by atoms with Gasteiger partial charge in [0.2, 0.25) is 10.0 Å². The monoisotopic (exact) mass is 262 g/mol. The molecule has 0 fully saturated rings. The molecule has 0 heterocycles. The van der Waals surface area contributed by atoms with Gasteiger partial charge in [-0.1, -0.05) is 20.8 Å². The van der Waals surface area contributed by atoms with E-state index in [9.17, 15) is 13.2 Å². The SMILES string of the molecule is CC(C#N)S(=O)(=O)NC(CC(=O)O)C(C)(C)C. The first-order valence-electron chi connectivity index (χ1n) is 5.13. The molecule has 0 aromatic heterocycles. The standard InChI is InChI=1S/C10H18N2O4S/c1-7(6-11)17(15,16)12-8(5-9(13)14)10(2,3)4/h7-8,12H,5H2,1-4H3,(H,13,14). The van der Waals surface area contributed by atoms with Crippen LogP contribution in [0.4, 0.5) is 0 Å². The number of hydrogen-bond acceptors (Lipinski definition) is 4. The van der Waals surface area contributed by atoms with Gasteiger partial charge >= 0.3 is 5.97 Å². The van der Waals surface area contributed by atoms with Crippen LogP contribution in [0.25, 0.3) is 0 Å². The smallest absolute Gasteiger partial charge is 0.304 e. The summed E-state index contributed by atoms with van der Waals surface area (Å²) in [4.78, 5) is 10.7. The molecule has 0 bridgehead atoms. The highest BCUT2D eigenvalue weighted by atomic mass is 32.2. The molecule has 0 saturated carbocycles. The predicted octanol–water partition coefficient (Wildman–Crippen LogP) is 0.707. The van der Waals surface area contributed by atoms with Crippen LogP contribution in [-0.2, 0) is 14.8 Å². The minimum absolute atomic E-state index is 0.319. The van der Waals surface area contributed by atoms with Crippen molar-refractivity contribution in [1.29, 1.82) is 5.26 Å². The molecule has 0 aliphatic carbocycles. The molecule has 0 aromatic carbocycles. The molecule has 0 rings (SSSR count). The van der Waals surface area contributed by atoms with Gasteiger partial charge in [0, 0.05) is 6.04 Å². The number of aliphatic carboxylic acids is 1. The molecule has 17 heavy (non-hydrogen) atoms. The summed E-state index contributed by atoms with van der Waals surface area (Å²) in [6.45, 7) is 6.46. The molecule has 0 saturated heterocycles. The summed E-state index contributed by atoms with van der Waals surface area (Å²) in [5, 5.41) is 16.1. The Balaban J connectivity index is 5.03. The van der Waals surface area contributed by atoms with Crippen molar-refractivity contribution in [2.75, 3.05) is 0 Å². The topological polar surface area (TPSA) is 107 Å². The van der Waals surface area contributed by atoms with Crippen LogP contribution in [0.2, 0.25) is 0 Å². The van der Waals surface area contributed by atoms with Crippen LogP contribution < -0.4 is 4.72 Å². The van der Waals surface area contributed by atoms with E-state index >= 15 is 0 Å². The molecule has 0 aliphatic heterocycles. The van der Waals surface area contributed by atoms with Gasteiger partial charge in [0.05, 0.1) is 12.5 Å². The van der Waals surface area contributed by atoms with Crippen LogP contribution in [-0.4, -0.2) is 30.8 Å². The van der Waals surface area contributed by atoms with Crippen molar-refractivity contribution in [2.45, 2.75) is 45.4 Å².